The lowest BCUT2D eigenvalue weighted by molar-refractivity contribution is -0.263. The molecule has 0 radical (unpaired) electrons. The number of anilines is 2. The monoisotopic (exact) mass is 1190 g/mol. The predicted molar refractivity (Wildman–Crippen MR) is 325 cm³/mol. The van der Waals surface area contributed by atoms with Gasteiger partial charge in [-0.2, -0.15) is 10.1 Å². The average Bonchev–Trinajstić information content (AvgIpc) is 1.68. The van der Waals surface area contributed by atoms with Crippen molar-refractivity contribution < 1.29 is 62.7 Å². The molecule has 6 N–H and O–H groups in total. The standard InChI is InChI=1S/C65H90N8O13/c1-35(2)73-61-54(60(66)67-34-68-61)55(71-73)44-22-25-51-47(31-44)70-64(85-51)69-46-32-45-23-20-42(9)65(81,86-45)59(78)62(79)72-26-16-15-19-48(72)63(80)84-52(39(6)29-43-21-24-49(74)53(30-43)82-10)33-50(75)38(5)28-41(8)57(77)58(83-11)56(76)40(7)27-36(3)17-13-12-14-18-37(46)4/h12-14,17-18,22,25,28,31,34-36,38-40,42-43,45-46,48-49,52-53,57-58,74,77,81H,15-16,19-21,23-24,26-27,29-30,32-33H2,1-11H3,(H,69,70)(H2,66,67,68)/b14-12+,17-13+,37-18-,41-28+/t36-,38-,39?,40-,42-,43-,45+,46-,48?,49-,52+,53-,57-,58+,65-/m1/s1. The van der Waals surface area contributed by atoms with Gasteiger partial charge in [-0.15, -0.1) is 0 Å². The van der Waals surface area contributed by atoms with Gasteiger partial charge in [-0.05, 0) is 140 Å². The summed E-state index contributed by atoms with van der Waals surface area (Å²) >= 11 is 0. The summed E-state index contributed by atoms with van der Waals surface area (Å²) in [7, 11) is 2.94. The number of aliphatic hydroxyl groups excluding tert-OH is 2. The zero-order chi connectivity index (χ0) is 62.3. The third kappa shape index (κ3) is 14.9. The molecule has 4 aromatic rings. The lowest BCUT2D eigenvalue weighted by Crippen LogP contribution is -2.61. The second kappa shape index (κ2) is 28.6. The van der Waals surface area contributed by atoms with Crippen molar-refractivity contribution in [3.8, 4) is 11.3 Å². The Balaban J connectivity index is 1.11. The maximum absolute atomic E-state index is 14.7. The van der Waals surface area contributed by atoms with Crippen LogP contribution >= 0.6 is 0 Å². The summed E-state index contributed by atoms with van der Waals surface area (Å²) in [5, 5.41) is 43.6. The number of hydrogen-bond donors (Lipinski definition) is 5. The van der Waals surface area contributed by atoms with E-state index in [-0.39, 0.29) is 73.3 Å². The molecule has 2 unspecified atom stereocenters. The van der Waals surface area contributed by atoms with E-state index >= 15 is 0 Å². The van der Waals surface area contributed by atoms with Crippen LogP contribution in [0.25, 0.3) is 33.4 Å². The maximum atomic E-state index is 14.7. The molecule has 8 rings (SSSR count). The minimum absolute atomic E-state index is 0.0116. The number of piperidine rings is 1. The number of fused-ring (bicyclic) bond motifs is 5. The maximum Gasteiger partial charge on any atom is 0.329 e. The Morgan fingerprint density at radius 1 is 0.895 bits per heavy atom. The summed E-state index contributed by atoms with van der Waals surface area (Å²) in [5.74, 6) is -8.29. The first-order valence-corrected chi connectivity index (χ1v) is 30.7. The fraction of sp³-hybridized carbons (Fsp3) is 0.615. The number of methoxy groups -OCH3 is 2. The van der Waals surface area contributed by atoms with Crippen LogP contribution < -0.4 is 11.1 Å². The molecule has 86 heavy (non-hydrogen) atoms. The van der Waals surface area contributed by atoms with Gasteiger partial charge in [0.15, 0.2) is 17.0 Å². The van der Waals surface area contributed by atoms with Crippen LogP contribution in [0.4, 0.5) is 11.8 Å². The van der Waals surface area contributed by atoms with Crippen molar-refractivity contribution in [3.05, 3.63) is 72.1 Å². The Bertz CT molecular complexity index is 3200. The molecule has 1 saturated carbocycles. The number of oxazole rings is 1. The second-order valence-electron chi connectivity index (χ2n) is 25.1. The fourth-order valence-corrected chi connectivity index (χ4v) is 12.9. The number of ether oxygens (including phenoxy) is 4. The van der Waals surface area contributed by atoms with Crippen LogP contribution in [-0.4, -0.2) is 149 Å². The number of nitrogens with zero attached hydrogens (tertiary/aromatic N) is 6. The molecule has 1 amide bonds. The van der Waals surface area contributed by atoms with Crippen molar-refractivity contribution >= 4 is 63.2 Å². The molecule has 0 spiro atoms. The number of aliphatic hydroxyl groups is 3. The van der Waals surface area contributed by atoms with Gasteiger partial charge >= 0.3 is 5.97 Å². The van der Waals surface area contributed by atoms with Gasteiger partial charge in [0.2, 0.25) is 5.79 Å². The van der Waals surface area contributed by atoms with Crippen LogP contribution in [0.1, 0.15) is 145 Å². The number of Topliss-reactive ketones (excluding diaryl/α,β-unsaturated/α-hetero) is 3. The average molecular weight is 1190 g/mol. The number of nitrogens with two attached hydrogens (primary N) is 1. The lowest BCUT2D eigenvalue weighted by Gasteiger charge is -2.43. The number of carbonyl (C=O) groups is 5. The number of nitrogen functional groups attached to an aromatic ring is 1. The summed E-state index contributed by atoms with van der Waals surface area (Å²) in [5.41, 5.74) is 10.5. The third-order valence-electron chi connectivity index (χ3n) is 18.2. The van der Waals surface area contributed by atoms with E-state index in [1.807, 2.05) is 77.1 Å². The van der Waals surface area contributed by atoms with Crippen LogP contribution in [0.15, 0.2) is 76.5 Å². The van der Waals surface area contributed by atoms with Crippen LogP contribution in [0.3, 0.4) is 0 Å². The Hall–Kier alpha value is -6.49. The summed E-state index contributed by atoms with van der Waals surface area (Å²) < 4.78 is 32.2. The van der Waals surface area contributed by atoms with E-state index in [1.165, 1.54) is 18.3 Å². The number of nitrogens with one attached hydrogen (secondary N) is 1. The van der Waals surface area contributed by atoms with Crippen LogP contribution in [-0.2, 0) is 42.9 Å². The summed E-state index contributed by atoms with van der Waals surface area (Å²) in [4.78, 5) is 87.2. The Kier molecular flexibility index (Phi) is 21.7. The first-order valence-electron chi connectivity index (χ1n) is 30.7. The van der Waals surface area contributed by atoms with E-state index in [0.29, 0.717) is 97.0 Å². The second-order valence-corrected chi connectivity index (χ2v) is 25.1. The van der Waals surface area contributed by atoms with Crippen LogP contribution in [0.2, 0.25) is 0 Å². The molecular formula is C65H90N8O13. The fourth-order valence-electron chi connectivity index (χ4n) is 12.9. The van der Waals surface area contributed by atoms with E-state index in [1.54, 1.807) is 51.6 Å². The number of benzene rings is 1. The highest BCUT2D eigenvalue weighted by atomic mass is 16.6. The quantitative estimate of drug-likeness (QED) is 0.0594. The molecule has 15 atom stereocenters. The first-order chi connectivity index (χ1) is 40.9. The molecule has 4 aliphatic rings. The number of hydrogen-bond acceptors (Lipinski definition) is 19. The van der Waals surface area contributed by atoms with Gasteiger partial charge in [-0.3, -0.25) is 19.2 Å². The minimum Gasteiger partial charge on any atom is -0.460 e. The largest absolute Gasteiger partial charge is 0.460 e. The smallest absolute Gasteiger partial charge is 0.329 e. The lowest BCUT2D eigenvalue weighted by atomic mass is 9.78. The number of cyclic esters (lactones) is 1. The van der Waals surface area contributed by atoms with Crippen molar-refractivity contribution in [2.24, 2.45) is 35.5 Å². The van der Waals surface area contributed by atoms with Crippen molar-refractivity contribution in [1.29, 1.82) is 0 Å². The van der Waals surface area contributed by atoms with Gasteiger partial charge < -0.3 is 54.6 Å². The van der Waals surface area contributed by atoms with Crippen LogP contribution in [0.5, 0.6) is 0 Å². The molecule has 3 aliphatic heterocycles. The summed E-state index contributed by atoms with van der Waals surface area (Å²) in [6.07, 6.45) is 12.0. The third-order valence-corrected chi connectivity index (χ3v) is 18.2. The molecule has 468 valence electrons. The molecule has 21 nitrogen and oxygen atoms in total. The van der Waals surface area contributed by atoms with Gasteiger partial charge in [0, 0.05) is 56.5 Å². The van der Waals surface area contributed by atoms with Gasteiger partial charge in [0.1, 0.15) is 53.5 Å². The Morgan fingerprint density at radius 3 is 2.40 bits per heavy atom. The normalized spacial score (nSPS) is 33.6. The van der Waals surface area contributed by atoms with Gasteiger partial charge in [0.25, 0.3) is 17.7 Å². The summed E-state index contributed by atoms with van der Waals surface area (Å²) in [6, 6.07) is 3.93. The SMILES string of the molecule is CO[C@@H]1C[C@@H](CC(C)[C@@H]2CC(=O)[C@H](C)/C=C(\C)[C@@H](O)[C@@H](OC)C(=O)[C@H](C)C[C@H](C)/C=C/C=C/C=C(/C)[C@H](Nc3nc4cc(-c5nn(C(C)C)c6ncnc(N)c56)ccc4o3)C[C@@H]3CC[C@@H](C)[C@@](O)(O3)C(=O)C(=O)N3CCCCC3C(=O)O2)CC[C@H]1O. The highest BCUT2D eigenvalue weighted by Gasteiger charge is 2.53. The predicted octanol–water partition coefficient (Wildman–Crippen LogP) is 8.76. The number of esters is 1. The molecule has 6 heterocycles. The molecule has 2 bridgehead atoms. The van der Waals surface area contributed by atoms with E-state index in [9.17, 15) is 39.3 Å². The zero-order valence-corrected chi connectivity index (χ0v) is 51.8. The van der Waals surface area contributed by atoms with Gasteiger partial charge in [-0.25, -0.2) is 19.4 Å². The molecule has 3 aromatic heterocycles. The zero-order valence-electron chi connectivity index (χ0n) is 51.8. The van der Waals surface area contributed by atoms with Gasteiger partial charge in [-0.1, -0.05) is 76.6 Å². The van der Waals surface area contributed by atoms with E-state index < -0.39 is 83.8 Å². The van der Waals surface area contributed by atoms with E-state index in [0.717, 1.165) is 11.1 Å². The number of rotatable bonds is 9. The number of aromatic nitrogens is 5. The minimum atomic E-state index is -2.55. The number of ketones is 3. The van der Waals surface area contributed by atoms with Crippen molar-refractivity contribution in [2.45, 2.75) is 200 Å². The first kappa shape index (κ1) is 65.5. The Morgan fingerprint density at radius 2 is 1.66 bits per heavy atom. The Labute approximate surface area is 504 Å². The van der Waals surface area contributed by atoms with Crippen molar-refractivity contribution in [3.63, 3.8) is 0 Å². The number of carbonyl (C=O) groups excluding carboxylic acids is 5. The van der Waals surface area contributed by atoms with E-state index in [4.69, 9.17) is 39.2 Å². The molecule has 1 aliphatic carbocycles. The van der Waals surface area contributed by atoms with Gasteiger partial charge in [0.05, 0.1) is 29.7 Å². The van der Waals surface area contributed by atoms with Crippen molar-refractivity contribution in [2.75, 3.05) is 31.8 Å². The molecular weight excluding hydrogens is 1100 g/mol. The molecule has 2 saturated heterocycles. The molecule has 1 aromatic carbocycles. The molecule has 21 heteroatoms. The number of allylic oxidation sites excluding steroid dienone is 6. The highest BCUT2D eigenvalue weighted by Crippen LogP contribution is 2.39. The number of amides is 1. The molecule has 3 fully saturated rings. The summed E-state index contributed by atoms with van der Waals surface area (Å²) in [6.45, 7) is 16.7. The van der Waals surface area contributed by atoms with E-state index in [2.05, 4.69) is 15.3 Å². The topological polar surface area (TPSA) is 294 Å². The highest BCUT2D eigenvalue weighted by molar-refractivity contribution is 6.39. The van der Waals surface area contributed by atoms with Crippen molar-refractivity contribution in [1.82, 2.24) is 29.6 Å². The van der Waals surface area contributed by atoms with Crippen LogP contribution in [0, 0.1) is 35.5 Å².